The second kappa shape index (κ2) is 8.51. The molecule has 1 unspecified atom stereocenters. The molecule has 2 aromatic carbocycles. The highest BCUT2D eigenvalue weighted by Crippen LogP contribution is 2.32. The third-order valence-electron chi connectivity index (χ3n) is 5.24. The number of allylic oxidation sites excluding steroid dienone is 3. The number of alkyl halides is 6. The molecular formula is C24H17F6N3O. The maximum atomic E-state index is 12.9. The fourth-order valence-electron chi connectivity index (χ4n) is 3.50. The molecule has 176 valence electrons. The molecular weight excluding hydrogens is 460 g/mol. The monoisotopic (exact) mass is 477 g/mol. The smallest absolute Gasteiger partial charge is 0.360 e. The van der Waals surface area contributed by atoms with Crippen LogP contribution in [0.4, 0.5) is 26.3 Å². The Morgan fingerprint density at radius 3 is 1.88 bits per heavy atom. The summed E-state index contributed by atoms with van der Waals surface area (Å²) >= 11 is 0. The molecule has 0 radical (unpaired) electrons. The largest absolute Gasteiger partial charge is 0.416 e. The van der Waals surface area contributed by atoms with E-state index in [0.29, 0.717) is 28.1 Å². The maximum Gasteiger partial charge on any atom is 0.416 e. The molecule has 2 heterocycles. The van der Waals surface area contributed by atoms with Gasteiger partial charge in [-0.3, -0.25) is 4.79 Å². The molecule has 0 spiro atoms. The van der Waals surface area contributed by atoms with Crippen molar-refractivity contribution in [1.29, 1.82) is 0 Å². The van der Waals surface area contributed by atoms with Gasteiger partial charge in [-0.15, -0.1) is 0 Å². The topological polar surface area (TPSA) is 44.7 Å². The van der Waals surface area contributed by atoms with E-state index in [2.05, 4.69) is 10.4 Å². The number of nitrogens with zero attached hydrogens (tertiary/aromatic N) is 2. The molecule has 0 saturated heterocycles. The van der Waals surface area contributed by atoms with Crippen LogP contribution in [0.5, 0.6) is 0 Å². The van der Waals surface area contributed by atoms with Gasteiger partial charge in [-0.25, -0.2) is 5.01 Å². The van der Waals surface area contributed by atoms with Crippen molar-refractivity contribution in [2.75, 3.05) is 0 Å². The van der Waals surface area contributed by atoms with Crippen molar-refractivity contribution in [1.82, 2.24) is 10.3 Å². The van der Waals surface area contributed by atoms with Crippen molar-refractivity contribution in [2.45, 2.75) is 25.4 Å². The molecule has 4 nitrogen and oxygen atoms in total. The molecule has 1 N–H and O–H groups in total. The van der Waals surface area contributed by atoms with E-state index in [0.717, 1.165) is 29.3 Å². The van der Waals surface area contributed by atoms with E-state index >= 15 is 0 Å². The average Bonchev–Trinajstić information content (AvgIpc) is 2.76. The van der Waals surface area contributed by atoms with Gasteiger partial charge in [-0.1, -0.05) is 30.3 Å². The molecule has 1 atom stereocenters. The number of carbonyl (C=O) groups excluding carboxylic acids is 1. The van der Waals surface area contributed by atoms with Gasteiger partial charge in [-0.2, -0.15) is 31.4 Å². The van der Waals surface area contributed by atoms with Gasteiger partial charge in [-0.05, 0) is 60.0 Å². The van der Waals surface area contributed by atoms with Gasteiger partial charge in [0, 0.05) is 11.8 Å². The minimum atomic E-state index is -4.49. The van der Waals surface area contributed by atoms with E-state index in [9.17, 15) is 31.1 Å². The quantitative estimate of drug-likeness (QED) is 0.552. The Morgan fingerprint density at radius 1 is 0.824 bits per heavy atom. The number of fused-ring (bicyclic) bond motifs is 1. The molecule has 34 heavy (non-hydrogen) atoms. The van der Waals surface area contributed by atoms with Crippen LogP contribution in [0.2, 0.25) is 0 Å². The van der Waals surface area contributed by atoms with E-state index in [1.807, 2.05) is 0 Å². The number of hydrogen-bond donors (Lipinski definition) is 1. The summed E-state index contributed by atoms with van der Waals surface area (Å²) < 4.78 is 77.4. The van der Waals surface area contributed by atoms with Crippen molar-refractivity contribution in [3.63, 3.8) is 0 Å². The predicted octanol–water partition coefficient (Wildman–Crippen LogP) is 5.85. The third kappa shape index (κ3) is 4.90. The molecule has 2 aromatic rings. The van der Waals surface area contributed by atoms with Crippen LogP contribution >= 0.6 is 0 Å². The van der Waals surface area contributed by atoms with Crippen LogP contribution in [-0.4, -0.2) is 22.8 Å². The molecule has 4 rings (SSSR count). The van der Waals surface area contributed by atoms with Gasteiger partial charge in [0.05, 0.1) is 16.8 Å². The first-order valence-electron chi connectivity index (χ1n) is 10.0. The predicted molar refractivity (Wildman–Crippen MR) is 115 cm³/mol. The average molecular weight is 477 g/mol. The summed E-state index contributed by atoms with van der Waals surface area (Å²) in [5.74, 6) is -0.503. The number of rotatable bonds is 2. The molecule has 0 saturated carbocycles. The number of hydrazone groups is 1. The van der Waals surface area contributed by atoms with E-state index < -0.39 is 35.6 Å². The van der Waals surface area contributed by atoms with E-state index in [4.69, 9.17) is 0 Å². The Morgan fingerprint density at radius 2 is 1.35 bits per heavy atom. The van der Waals surface area contributed by atoms with Crippen LogP contribution in [0.3, 0.4) is 0 Å². The van der Waals surface area contributed by atoms with Crippen LogP contribution < -0.4 is 5.32 Å². The first kappa shape index (κ1) is 23.3. The SMILES string of the molecule is CC1=NN2C(=O)C=C(c3ccc(C(F)(F)F)cc3)NC2/C=C(\c2ccc(C(F)(F)F)cc2)C=C1. The molecule has 0 aliphatic carbocycles. The zero-order chi connectivity index (χ0) is 24.7. The number of nitrogens with one attached hydrogen (secondary N) is 1. The first-order valence-corrected chi connectivity index (χ1v) is 10.0. The number of benzene rings is 2. The van der Waals surface area contributed by atoms with Crippen LogP contribution in [-0.2, 0) is 17.1 Å². The summed E-state index contributed by atoms with van der Waals surface area (Å²) in [7, 11) is 0. The number of carbonyl (C=O) groups is 1. The molecule has 2 aliphatic rings. The number of amides is 1. The molecule has 0 fully saturated rings. The van der Waals surface area contributed by atoms with Gasteiger partial charge in [0.2, 0.25) is 0 Å². The standard InChI is InChI=1S/C24H17F6N3O/c1-14-2-3-17(15-4-8-18(9-5-15)23(25,26)27)12-21-31-20(13-22(34)33(21)32-14)16-6-10-19(11-7-16)24(28,29)30/h2-13,21,31H,1H3/b3-2?,17-12-,32-14?. The van der Waals surface area contributed by atoms with E-state index in [-0.39, 0.29) is 0 Å². The zero-order valence-corrected chi connectivity index (χ0v) is 17.6. The van der Waals surface area contributed by atoms with Crippen molar-refractivity contribution < 1.29 is 31.1 Å². The van der Waals surface area contributed by atoms with E-state index in [1.165, 1.54) is 30.3 Å². The summed E-state index contributed by atoms with van der Waals surface area (Å²) in [6, 6.07) is 8.93. The van der Waals surface area contributed by atoms with Crippen LogP contribution in [0.15, 0.2) is 77.9 Å². The van der Waals surface area contributed by atoms with Gasteiger partial charge in [0.1, 0.15) is 6.17 Å². The summed E-state index contributed by atoms with van der Waals surface area (Å²) in [6.45, 7) is 1.66. The Bertz CT molecular complexity index is 1220. The summed E-state index contributed by atoms with van der Waals surface area (Å²) in [4.78, 5) is 12.8. The Labute approximate surface area is 190 Å². The highest BCUT2D eigenvalue weighted by Gasteiger charge is 2.32. The second-order valence-corrected chi connectivity index (χ2v) is 7.68. The van der Waals surface area contributed by atoms with Crippen LogP contribution in [0.1, 0.15) is 29.2 Å². The summed E-state index contributed by atoms with van der Waals surface area (Å²) in [6.07, 6.45) is -3.65. The number of hydrogen-bond acceptors (Lipinski definition) is 3. The lowest BCUT2D eigenvalue weighted by atomic mass is 10.0. The number of halogens is 6. The molecule has 0 aromatic heterocycles. The van der Waals surface area contributed by atoms with Crippen LogP contribution in [0, 0.1) is 0 Å². The lowest BCUT2D eigenvalue weighted by Crippen LogP contribution is -2.47. The van der Waals surface area contributed by atoms with Gasteiger partial charge in [0.15, 0.2) is 0 Å². The van der Waals surface area contributed by atoms with Crippen molar-refractivity contribution >= 4 is 22.9 Å². The van der Waals surface area contributed by atoms with Gasteiger partial charge < -0.3 is 5.32 Å². The normalized spacial score (nSPS) is 20.3. The lowest BCUT2D eigenvalue weighted by molar-refractivity contribution is -0.138. The summed E-state index contributed by atoms with van der Waals surface area (Å²) in [5.41, 5.74) is 0.546. The van der Waals surface area contributed by atoms with Crippen molar-refractivity contribution in [3.05, 3.63) is 95.1 Å². The minimum absolute atomic E-state index is 0.292. The Kier molecular flexibility index (Phi) is 5.84. The highest BCUT2D eigenvalue weighted by molar-refractivity contribution is 6.01. The Balaban J connectivity index is 1.69. The Hall–Kier alpha value is -3.82. The first-order chi connectivity index (χ1) is 15.9. The lowest BCUT2D eigenvalue weighted by Gasteiger charge is -2.33. The molecule has 0 bridgehead atoms. The van der Waals surface area contributed by atoms with E-state index in [1.54, 1.807) is 25.2 Å². The van der Waals surface area contributed by atoms with Gasteiger partial charge in [0.25, 0.3) is 5.91 Å². The fourth-order valence-corrected chi connectivity index (χ4v) is 3.50. The highest BCUT2D eigenvalue weighted by atomic mass is 19.4. The molecule has 10 heteroatoms. The third-order valence-corrected chi connectivity index (χ3v) is 5.24. The van der Waals surface area contributed by atoms with Gasteiger partial charge >= 0.3 is 12.4 Å². The second-order valence-electron chi connectivity index (χ2n) is 7.68. The fraction of sp³-hybridized carbons (Fsp3) is 0.167. The molecule has 1 amide bonds. The zero-order valence-electron chi connectivity index (χ0n) is 17.6. The molecule has 2 aliphatic heterocycles. The van der Waals surface area contributed by atoms with Crippen LogP contribution in [0.25, 0.3) is 11.3 Å². The maximum absolute atomic E-state index is 12.9. The van der Waals surface area contributed by atoms with Crippen molar-refractivity contribution in [3.8, 4) is 0 Å². The van der Waals surface area contributed by atoms with Crippen molar-refractivity contribution in [2.24, 2.45) is 5.10 Å². The minimum Gasteiger partial charge on any atom is -0.360 e. The summed E-state index contributed by atoms with van der Waals surface area (Å²) in [5, 5.41) is 8.49.